The molecule has 0 aromatic carbocycles. The summed E-state index contributed by atoms with van der Waals surface area (Å²) in [5, 5.41) is 6.61. The van der Waals surface area contributed by atoms with Gasteiger partial charge in [-0.25, -0.2) is 0 Å². The lowest BCUT2D eigenvalue weighted by Gasteiger charge is -2.40. The van der Waals surface area contributed by atoms with Crippen molar-refractivity contribution >= 4 is 5.91 Å². The van der Waals surface area contributed by atoms with E-state index >= 15 is 0 Å². The third kappa shape index (κ3) is 5.57. The van der Waals surface area contributed by atoms with Crippen LogP contribution in [-0.4, -0.2) is 61.8 Å². The molecule has 1 unspecified atom stereocenters. The second kappa shape index (κ2) is 8.11. The first-order chi connectivity index (χ1) is 10.1. The van der Waals surface area contributed by atoms with E-state index in [4.69, 9.17) is 4.74 Å². The molecule has 0 saturated carbocycles. The summed E-state index contributed by atoms with van der Waals surface area (Å²) in [4.78, 5) is 14.4. The molecule has 2 heterocycles. The fraction of sp³-hybridized carbons (Fsp3) is 0.938. The second-order valence-corrected chi connectivity index (χ2v) is 6.87. The molecule has 0 aromatic rings. The van der Waals surface area contributed by atoms with E-state index in [1.807, 2.05) is 0 Å². The van der Waals surface area contributed by atoms with Crippen molar-refractivity contribution < 1.29 is 9.53 Å². The molecule has 0 bridgehead atoms. The first kappa shape index (κ1) is 16.7. The smallest absolute Gasteiger partial charge is 0.220 e. The van der Waals surface area contributed by atoms with Gasteiger partial charge in [0.05, 0.1) is 13.2 Å². The van der Waals surface area contributed by atoms with Crippen LogP contribution in [0.1, 0.15) is 46.0 Å². The first-order valence-electron chi connectivity index (χ1n) is 8.41. The van der Waals surface area contributed by atoms with Crippen molar-refractivity contribution in [3.63, 3.8) is 0 Å². The van der Waals surface area contributed by atoms with Crippen LogP contribution in [0.2, 0.25) is 0 Å². The minimum Gasteiger partial charge on any atom is -0.379 e. The molecule has 2 fully saturated rings. The van der Waals surface area contributed by atoms with Gasteiger partial charge in [-0.1, -0.05) is 6.42 Å². The lowest BCUT2D eigenvalue weighted by molar-refractivity contribution is -0.122. The molecule has 5 nitrogen and oxygen atoms in total. The predicted molar refractivity (Wildman–Crippen MR) is 84.4 cm³/mol. The Kier molecular flexibility index (Phi) is 6.45. The van der Waals surface area contributed by atoms with Crippen LogP contribution in [0.25, 0.3) is 0 Å². The lowest BCUT2D eigenvalue weighted by Crippen LogP contribution is -2.55. The quantitative estimate of drug-likeness (QED) is 0.772. The summed E-state index contributed by atoms with van der Waals surface area (Å²) in [5.41, 5.74) is 0.00251. The molecule has 122 valence electrons. The van der Waals surface area contributed by atoms with Gasteiger partial charge in [0.25, 0.3) is 0 Å². The molecule has 1 atom stereocenters. The number of carbonyl (C=O) groups excluding carboxylic acids is 1. The minimum absolute atomic E-state index is 0.00251. The maximum absolute atomic E-state index is 12.0. The fourth-order valence-corrected chi connectivity index (χ4v) is 3.16. The highest BCUT2D eigenvalue weighted by molar-refractivity contribution is 5.75. The molecule has 0 spiro atoms. The molecule has 0 aliphatic carbocycles. The van der Waals surface area contributed by atoms with Crippen LogP contribution in [0.15, 0.2) is 0 Å². The molecule has 2 N–H and O–H groups in total. The van der Waals surface area contributed by atoms with E-state index in [-0.39, 0.29) is 11.4 Å². The maximum Gasteiger partial charge on any atom is 0.220 e. The Hall–Kier alpha value is -0.650. The molecule has 2 saturated heterocycles. The summed E-state index contributed by atoms with van der Waals surface area (Å²) in [5.74, 6) is 0.184. The van der Waals surface area contributed by atoms with E-state index < -0.39 is 0 Å². The van der Waals surface area contributed by atoms with Crippen molar-refractivity contribution in [3.8, 4) is 0 Å². The molecule has 5 heteroatoms. The van der Waals surface area contributed by atoms with Gasteiger partial charge in [0, 0.05) is 37.6 Å². The predicted octanol–water partition coefficient (Wildman–Crippen LogP) is 1.14. The molecule has 2 aliphatic heterocycles. The van der Waals surface area contributed by atoms with E-state index in [9.17, 15) is 4.79 Å². The molecular weight excluding hydrogens is 266 g/mol. The average Bonchev–Trinajstić information content (AvgIpc) is 2.53. The number of ether oxygens (including phenoxy) is 1. The van der Waals surface area contributed by atoms with Crippen LogP contribution in [0.5, 0.6) is 0 Å². The molecule has 0 aromatic heterocycles. The van der Waals surface area contributed by atoms with Crippen LogP contribution >= 0.6 is 0 Å². The highest BCUT2D eigenvalue weighted by Gasteiger charge is 2.28. The van der Waals surface area contributed by atoms with Gasteiger partial charge in [0.2, 0.25) is 5.91 Å². The van der Waals surface area contributed by atoms with Crippen LogP contribution < -0.4 is 10.6 Å². The standard InChI is InChI=1S/C16H31N3O2/c1-16(2,19-9-11-21-12-10-19)13-18-15(20)7-6-14-5-3-4-8-17-14/h14,17H,3-13H2,1-2H3,(H,18,20). The van der Waals surface area contributed by atoms with Crippen molar-refractivity contribution in [1.29, 1.82) is 0 Å². The Balaban J connectivity index is 1.64. The van der Waals surface area contributed by atoms with Crippen LogP contribution in [0.3, 0.4) is 0 Å². The van der Waals surface area contributed by atoms with Gasteiger partial charge in [-0.2, -0.15) is 0 Å². The van der Waals surface area contributed by atoms with E-state index in [0.29, 0.717) is 19.0 Å². The normalized spacial score (nSPS) is 24.8. The maximum atomic E-state index is 12.0. The van der Waals surface area contributed by atoms with Gasteiger partial charge in [0.15, 0.2) is 0 Å². The van der Waals surface area contributed by atoms with Crippen LogP contribution in [-0.2, 0) is 9.53 Å². The van der Waals surface area contributed by atoms with Crippen molar-refractivity contribution in [2.24, 2.45) is 0 Å². The Morgan fingerprint density at radius 2 is 2.10 bits per heavy atom. The summed E-state index contributed by atoms with van der Waals surface area (Å²) in [6.07, 6.45) is 5.38. The zero-order chi connectivity index (χ0) is 15.1. The zero-order valence-corrected chi connectivity index (χ0v) is 13.6. The number of rotatable bonds is 6. The topological polar surface area (TPSA) is 53.6 Å². The third-order valence-corrected chi connectivity index (χ3v) is 4.72. The number of nitrogens with zero attached hydrogens (tertiary/aromatic N) is 1. The zero-order valence-electron chi connectivity index (χ0n) is 13.6. The third-order valence-electron chi connectivity index (χ3n) is 4.72. The van der Waals surface area contributed by atoms with E-state index in [1.54, 1.807) is 0 Å². The number of amides is 1. The van der Waals surface area contributed by atoms with Crippen LogP contribution in [0, 0.1) is 0 Å². The highest BCUT2D eigenvalue weighted by atomic mass is 16.5. The summed E-state index contributed by atoms with van der Waals surface area (Å²) < 4.78 is 5.39. The number of hydrogen-bond acceptors (Lipinski definition) is 4. The Labute approximate surface area is 128 Å². The summed E-state index contributed by atoms with van der Waals surface area (Å²) >= 11 is 0. The van der Waals surface area contributed by atoms with Gasteiger partial charge in [-0.15, -0.1) is 0 Å². The van der Waals surface area contributed by atoms with Gasteiger partial charge in [-0.3, -0.25) is 9.69 Å². The Morgan fingerprint density at radius 1 is 1.33 bits per heavy atom. The van der Waals surface area contributed by atoms with E-state index in [2.05, 4.69) is 29.4 Å². The van der Waals surface area contributed by atoms with E-state index in [1.165, 1.54) is 19.3 Å². The molecule has 1 amide bonds. The number of piperidine rings is 1. The van der Waals surface area contributed by atoms with Crippen molar-refractivity contribution in [2.75, 3.05) is 39.4 Å². The lowest BCUT2D eigenvalue weighted by atomic mass is 9.99. The van der Waals surface area contributed by atoms with Gasteiger partial charge in [0.1, 0.15) is 0 Å². The summed E-state index contributed by atoms with van der Waals surface area (Å²) in [7, 11) is 0. The van der Waals surface area contributed by atoms with Crippen molar-refractivity contribution in [3.05, 3.63) is 0 Å². The molecule has 2 rings (SSSR count). The monoisotopic (exact) mass is 297 g/mol. The minimum atomic E-state index is 0.00251. The Bertz CT molecular complexity index is 321. The van der Waals surface area contributed by atoms with Gasteiger partial charge >= 0.3 is 0 Å². The van der Waals surface area contributed by atoms with Gasteiger partial charge < -0.3 is 15.4 Å². The molecule has 2 aliphatic rings. The number of hydrogen-bond donors (Lipinski definition) is 2. The Morgan fingerprint density at radius 3 is 2.76 bits per heavy atom. The largest absolute Gasteiger partial charge is 0.379 e. The van der Waals surface area contributed by atoms with Gasteiger partial charge in [-0.05, 0) is 39.7 Å². The van der Waals surface area contributed by atoms with Crippen LogP contribution in [0.4, 0.5) is 0 Å². The number of nitrogens with one attached hydrogen (secondary N) is 2. The van der Waals surface area contributed by atoms with Crippen molar-refractivity contribution in [1.82, 2.24) is 15.5 Å². The SMILES string of the molecule is CC(C)(CNC(=O)CCC1CCCCN1)N1CCOCC1. The fourth-order valence-electron chi connectivity index (χ4n) is 3.16. The molecular formula is C16H31N3O2. The van der Waals surface area contributed by atoms with E-state index in [0.717, 1.165) is 39.3 Å². The average molecular weight is 297 g/mol. The summed E-state index contributed by atoms with van der Waals surface area (Å²) in [6, 6.07) is 0.539. The first-order valence-corrected chi connectivity index (χ1v) is 8.41. The number of morpholine rings is 1. The van der Waals surface area contributed by atoms with Crippen molar-refractivity contribution in [2.45, 2.75) is 57.5 Å². The highest BCUT2D eigenvalue weighted by Crippen LogP contribution is 2.15. The summed E-state index contributed by atoms with van der Waals surface area (Å²) in [6.45, 7) is 9.71. The molecule has 21 heavy (non-hydrogen) atoms. The number of carbonyl (C=O) groups is 1. The second-order valence-electron chi connectivity index (χ2n) is 6.87. The molecule has 0 radical (unpaired) electrons.